The Labute approximate surface area is 119 Å². The number of carboxylic acids is 1. The van der Waals surface area contributed by atoms with Crippen molar-refractivity contribution in [3.05, 3.63) is 53.2 Å². The van der Waals surface area contributed by atoms with Crippen LogP contribution in [0.4, 0.5) is 14.9 Å². The van der Waals surface area contributed by atoms with Crippen LogP contribution < -0.4 is 10.6 Å². The molecular formula is C14H13FN2O4. The van der Waals surface area contributed by atoms with Crippen LogP contribution in [0.1, 0.15) is 21.9 Å². The fourth-order valence-electron chi connectivity index (χ4n) is 1.69. The van der Waals surface area contributed by atoms with Gasteiger partial charge in [0.1, 0.15) is 11.6 Å². The van der Waals surface area contributed by atoms with Crippen LogP contribution in [-0.2, 0) is 6.54 Å². The topological polar surface area (TPSA) is 91.6 Å². The van der Waals surface area contributed by atoms with Gasteiger partial charge < -0.3 is 20.2 Å². The Balaban J connectivity index is 1.91. The number of hydrogen-bond acceptors (Lipinski definition) is 3. The molecule has 6 nitrogen and oxygen atoms in total. The number of benzene rings is 1. The van der Waals surface area contributed by atoms with Crippen LogP contribution in [0.2, 0.25) is 0 Å². The van der Waals surface area contributed by atoms with Crippen molar-refractivity contribution in [3.8, 4) is 0 Å². The van der Waals surface area contributed by atoms with E-state index in [9.17, 15) is 14.0 Å². The first kappa shape index (κ1) is 14.6. The van der Waals surface area contributed by atoms with Crippen molar-refractivity contribution >= 4 is 17.7 Å². The summed E-state index contributed by atoms with van der Waals surface area (Å²) in [6, 6.07) is 6.28. The number of carbonyl (C=O) groups is 2. The third-order valence-corrected chi connectivity index (χ3v) is 2.73. The standard InChI is InChI=1S/C14H13FN2O4/c1-8-6-9(15)2-4-11(8)17-14(20)16-7-10-3-5-12(21-10)13(18)19/h2-6H,7H2,1H3,(H,18,19)(H2,16,17,20). The summed E-state index contributed by atoms with van der Waals surface area (Å²) < 4.78 is 17.9. The fraction of sp³-hybridized carbons (Fsp3) is 0.143. The Hall–Kier alpha value is -2.83. The summed E-state index contributed by atoms with van der Waals surface area (Å²) in [6.45, 7) is 1.71. The van der Waals surface area contributed by atoms with Crippen LogP contribution >= 0.6 is 0 Å². The van der Waals surface area contributed by atoms with E-state index < -0.39 is 12.0 Å². The summed E-state index contributed by atoms with van der Waals surface area (Å²) in [5.41, 5.74) is 1.08. The molecular weight excluding hydrogens is 279 g/mol. The molecule has 110 valence electrons. The van der Waals surface area contributed by atoms with Crippen molar-refractivity contribution in [3.63, 3.8) is 0 Å². The second-order valence-corrected chi connectivity index (χ2v) is 4.34. The van der Waals surface area contributed by atoms with Crippen molar-refractivity contribution in [2.24, 2.45) is 0 Å². The molecule has 0 saturated heterocycles. The van der Waals surface area contributed by atoms with Gasteiger partial charge >= 0.3 is 12.0 Å². The highest BCUT2D eigenvalue weighted by Crippen LogP contribution is 2.15. The third kappa shape index (κ3) is 3.82. The van der Waals surface area contributed by atoms with Gasteiger partial charge in [-0.3, -0.25) is 0 Å². The molecule has 0 atom stereocenters. The van der Waals surface area contributed by atoms with Crippen LogP contribution in [-0.4, -0.2) is 17.1 Å². The molecule has 0 saturated carbocycles. The molecule has 2 amide bonds. The summed E-state index contributed by atoms with van der Waals surface area (Å²) in [4.78, 5) is 22.3. The van der Waals surface area contributed by atoms with Crippen LogP contribution in [0.25, 0.3) is 0 Å². The summed E-state index contributed by atoms with van der Waals surface area (Å²) in [7, 11) is 0. The first-order valence-corrected chi connectivity index (χ1v) is 6.08. The highest BCUT2D eigenvalue weighted by Gasteiger charge is 2.10. The molecule has 0 radical (unpaired) electrons. The summed E-state index contributed by atoms with van der Waals surface area (Å²) in [5.74, 6) is -1.43. The third-order valence-electron chi connectivity index (χ3n) is 2.73. The van der Waals surface area contributed by atoms with Gasteiger partial charge in [-0.25, -0.2) is 14.0 Å². The molecule has 0 aliphatic rings. The summed E-state index contributed by atoms with van der Waals surface area (Å²) in [5, 5.41) is 13.8. The van der Waals surface area contributed by atoms with Gasteiger partial charge in [0.25, 0.3) is 0 Å². The quantitative estimate of drug-likeness (QED) is 0.808. The molecule has 1 heterocycles. The van der Waals surface area contributed by atoms with Gasteiger partial charge in [-0.1, -0.05) is 0 Å². The Kier molecular flexibility index (Phi) is 4.22. The van der Waals surface area contributed by atoms with Gasteiger partial charge in [-0.15, -0.1) is 0 Å². The normalized spacial score (nSPS) is 10.2. The zero-order valence-electron chi connectivity index (χ0n) is 11.1. The number of rotatable bonds is 4. The summed E-state index contributed by atoms with van der Waals surface area (Å²) >= 11 is 0. The van der Waals surface area contributed by atoms with Gasteiger partial charge in [-0.05, 0) is 42.8 Å². The molecule has 1 aromatic heterocycles. The molecule has 0 aliphatic carbocycles. The number of amides is 2. The average molecular weight is 292 g/mol. The largest absolute Gasteiger partial charge is 0.475 e. The number of nitrogens with one attached hydrogen (secondary N) is 2. The average Bonchev–Trinajstić information content (AvgIpc) is 2.89. The minimum atomic E-state index is -1.17. The zero-order valence-corrected chi connectivity index (χ0v) is 11.1. The number of hydrogen-bond donors (Lipinski definition) is 3. The van der Waals surface area contributed by atoms with Gasteiger partial charge in [0.2, 0.25) is 5.76 Å². The first-order chi connectivity index (χ1) is 9.95. The second-order valence-electron chi connectivity index (χ2n) is 4.34. The maximum Gasteiger partial charge on any atom is 0.371 e. The Morgan fingerprint density at radius 2 is 2.05 bits per heavy atom. The minimum Gasteiger partial charge on any atom is -0.475 e. The van der Waals surface area contributed by atoms with Gasteiger partial charge in [0.05, 0.1) is 6.54 Å². The van der Waals surface area contributed by atoms with Crippen LogP contribution in [0.15, 0.2) is 34.7 Å². The monoisotopic (exact) mass is 292 g/mol. The summed E-state index contributed by atoms with van der Waals surface area (Å²) in [6.07, 6.45) is 0. The lowest BCUT2D eigenvalue weighted by atomic mass is 10.2. The maximum atomic E-state index is 12.9. The number of furan rings is 1. The highest BCUT2D eigenvalue weighted by molar-refractivity contribution is 5.90. The van der Waals surface area contributed by atoms with Crippen LogP contribution in [0, 0.1) is 12.7 Å². The molecule has 0 unspecified atom stereocenters. The fourth-order valence-corrected chi connectivity index (χ4v) is 1.69. The molecule has 1 aromatic carbocycles. The van der Waals surface area contributed by atoms with Crippen LogP contribution in [0.3, 0.4) is 0 Å². The first-order valence-electron chi connectivity index (χ1n) is 6.08. The van der Waals surface area contributed by atoms with E-state index in [4.69, 9.17) is 9.52 Å². The number of urea groups is 1. The van der Waals surface area contributed by atoms with Gasteiger partial charge in [0, 0.05) is 5.69 Å². The molecule has 7 heteroatoms. The van der Waals surface area contributed by atoms with E-state index in [0.29, 0.717) is 17.0 Å². The number of anilines is 1. The lowest BCUT2D eigenvalue weighted by molar-refractivity contribution is 0.0660. The highest BCUT2D eigenvalue weighted by atomic mass is 19.1. The molecule has 3 N–H and O–H groups in total. The van der Waals surface area contributed by atoms with E-state index in [1.807, 2.05) is 0 Å². The SMILES string of the molecule is Cc1cc(F)ccc1NC(=O)NCc1ccc(C(=O)O)o1. The van der Waals surface area contributed by atoms with Crippen molar-refractivity contribution in [1.29, 1.82) is 0 Å². The zero-order chi connectivity index (χ0) is 15.4. The van der Waals surface area contributed by atoms with E-state index in [1.54, 1.807) is 6.92 Å². The lowest BCUT2D eigenvalue weighted by Crippen LogP contribution is -2.28. The van der Waals surface area contributed by atoms with Crippen molar-refractivity contribution in [2.45, 2.75) is 13.5 Å². The number of aromatic carboxylic acids is 1. The molecule has 0 fully saturated rings. The Bertz CT molecular complexity index is 681. The molecule has 21 heavy (non-hydrogen) atoms. The molecule has 0 aliphatic heterocycles. The Morgan fingerprint density at radius 3 is 2.67 bits per heavy atom. The van der Waals surface area contributed by atoms with Crippen molar-refractivity contribution in [2.75, 3.05) is 5.32 Å². The van der Waals surface area contributed by atoms with Crippen LogP contribution in [0.5, 0.6) is 0 Å². The van der Waals surface area contributed by atoms with E-state index in [0.717, 1.165) is 0 Å². The minimum absolute atomic E-state index is 0.0410. The Morgan fingerprint density at radius 1 is 1.29 bits per heavy atom. The van der Waals surface area contributed by atoms with E-state index in [-0.39, 0.29) is 18.1 Å². The number of carbonyl (C=O) groups excluding carboxylic acids is 1. The van der Waals surface area contributed by atoms with E-state index in [1.165, 1.54) is 30.3 Å². The number of halogens is 1. The van der Waals surface area contributed by atoms with Gasteiger partial charge in [0.15, 0.2) is 0 Å². The van der Waals surface area contributed by atoms with Crippen molar-refractivity contribution < 1.29 is 23.5 Å². The second kappa shape index (κ2) is 6.08. The smallest absolute Gasteiger partial charge is 0.371 e. The molecule has 2 aromatic rings. The molecule has 0 bridgehead atoms. The number of carboxylic acid groups (broad SMARTS) is 1. The van der Waals surface area contributed by atoms with Gasteiger partial charge in [-0.2, -0.15) is 0 Å². The predicted molar refractivity (Wildman–Crippen MR) is 72.7 cm³/mol. The van der Waals surface area contributed by atoms with Crippen molar-refractivity contribution in [1.82, 2.24) is 5.32 Å². The number of aryl methyl sites for hydroxylation is 1. The molecule has 0 spiro atoms. The van der Waals surface area contributed by atoms with E-state index >= 15 is 0 Å². The van der Waals surface area contributed by atoms with E-state index in [2.05, 4.69) is 10.6 Å². The predicted octanol–water partition coefficient (Wildman–Crippen LogP) is 2.75. The lowest BCUT2D eigenvalue weighted by Gasteiger charge is -2.09. The maximum absolute atomic E-state index is 12.9. The molecule has 2 rings (SSSR count).